The van der Waals surface area contributed by atoms with Crippen LogP contribution in [0, 0.1) is 5.82 Å². The molecule has 0 aromatic heterocycles. The molecule has 5 heteroatoms. The Bertz CT molecular complexity index is 481. The first-order valence-electron chi connectivity index (χ1n) is 6.40. The summed E-state index contributed by atoms with van der Waals surface area (Å²) >= 11 is 6.25. The maximum Gasteiger partial charge on any atom is 0.256 e. The fourth-order valence-electron chi connectivity index (χ4n) is 2.52. The molecular formula is C14H17ClFNO2. The van der Waals surface area contributed by atoms with Crippen LogP contribution in [-0.4, -0.2) is 34.4 Å². The van der Waals surface area contributed by atoms with Gasteiger partial charge in [-0.2, -0.15) is 0 Å². The van der Waals surface area contributed by atoms with Crippen molar-refractivity contribution >= 4 is 17.5 Å². The molecule has 1 aliphatic carbocycles. The predicted molar refractivity (Wildman–Crippen MR) is 72.1 cm³/mol. The Morgan fingerprint density at radius 3 is 2.74 bits per heavy atom. The van der Waals surface area contributed by atoms with Crippen LogP contribution in [-0.2, 0) is 0 Å². The number of hydrogen-bond acceptors (Lipinski definition) is 2. The van der Waals surface area contributed by atoms with E-state index in [0.717, 1.165) is 31.7 Å². The van der Waals surface area contributed by atoms with Gasteiger partial charge in [-0.25, -0.2) is 4.39 Å². The van der Waals surface area contributed by atoms with E-state index in [2.05, 4.69) is 0 Å². The van der Waals surface area contributed by atoms with Crippen LogP contribution in [0.3, 0.4) is 0 Å². The Labute approximate surface area is 117 Å². The molecule has 19 heavy (non-hydrogen) atoms. The molecule has 1 aromatic rings. The van der Waals surface area contributed by atoms with Crippen molar-refractivity contribution in [2.45, 2.75) is 37.1 Å². The number of hydrogen-bond donors (Lipinski definition) is 1. The summed E-state index contributed by atoms with van der Waals surface area (Å²) in [6, 6.07) is 3.50. The number of alkyl halides is 1. The minimum Gasteiger partial charge on any atom is -0.508 e. The average Bonchev–Trinajstić information content (AvgIpc) is 2.38. The van der Waals surface area contributed by atoms with Gasteiger partial charge in [-0.15, -0.1) is 11.6 Å². The van der Waals surface area contributed by atoms with E-state index in [9.17, 15) is 9.18 Å². The quantitative estimate of drug-likeness (QED) is 0.848. The third kappa shape index (κ3) is 3.00. The van der Waals surface area contributed by atoms with E-state index in [-0.39, 0.29) is 22.7 Å². The first-order valence-corrected chi connectivity index (χ1v) is 6.84. The minimum absolute atomic E-state index is 0.0326. The zero-order valence-electron chi connectivity index (χ0n) is 10.8. The molecule has 0 bridgehead atoms. The fourth-order valence-corrected chi connectivity index (χ4v) is 2.97. The first kappa shape index (κ1) is 14.1. The van der Waals surface area contributed by atoms with E-state index in [0.29, 0.717) is 0 Å². The predicted octanol–water partition coefficient (Wildman–Crippen LogP) is 3.15. The van der Waals surface area contributed by atoms with Crippen molar-refractivity contribution in [1.82, 2.24) is 4.90 Å². The van der Waals surface area contributed by atoms with Crippen LogP contribution in [0.2, 0.25) is 0 Å². The van der Waals surface area contributed by atoms with Crippen molar-refractivity contribution in [1.29, 1.82) is 0 Å². The lowest BCUT2D eigenvalue weighted by atomic mass is 9.93. The lowest BCUT2D eigenvalue weighted by Gasteiger charge is -2.35. The lowest BCUT2D eigenvalue weighted by molar-refractivity contribution is 0.0695. The summed E-state index contributed by atoms with van der Waals surface area (Å²) in [5.41, 5.74) is -0.0326. The average molecular weight is 286 g/mol. The molecule has 1 fully saturated rings. The van der Waals surface area contributed by atoms with E-state index >= 15 is 0 Å². The van der Waals surface area contributed by atoms with E-state index < -0.39 is 11.7 Å². The van der Waals surface area contributed by atoms with Gasteiger partial charge < -0.3 is 10.0 Å². The number of aromatic hydroxyl groups is 1. The van der Waals surface area contributed by atoms with Gasteiger partial charge >= 0.3 is 0 Å². The molecule has 2 unspecified atom stereocenters. The number of carbonyl (C=O) groups excluding carboxylic acids is 1. The van der Waals surface area contributed by atoms with Gasteiger partial charge in [0.1, 0.15) is 11.6 Å². The van der Waals surface area contributed by atoms with Crippen molar-refractivity contribution in [2.24, 2.45) is 0 Å². The van der Waals surface area contributed by atoms with Gasteiger partial charge in [0.25, 0.3) is 5.91 Å². The third-order valence-electron chi connectivity index (χ3n) is 3.65. The zero-order valence-corrected chi connectivity index (χ0v) is 11.5. The SMILES string of the molecule is CN(C(=O)c1ccc(O)cc1F)C1CCCCC1Cl. The Morgan fingerprint density at radius 1 is 1.42 bits per heavy atom. The summed E-state index contributed by atoms with van der Waals surface area (Å²) < 4.78 is 13.7. The number of benzene rings is 1. The summed E-state index contributed by atoms with van der Waals surface area (Å²) in [6.45, 7) is 0. The smallest absolute Gasteiger partial charge is 0.256 e. The number of amides is 1. The summed E-state index contributed by atoms with van der Waals surface area (Å²) in [5, 5.41) is 9.08. The molecule has 2 rings (SSSR count). The van der Waals surface area contributed by atoms with E-state index in [1.807, 2.05) is 0 Å². The third-order valence-corrected chi connectivity index (χ3v) is 4.16. The lowest BCUT2D eigenvalue weighted by Crippen LogP contribution is -2.44. The van der Waals surface area contributed by atoms with E-state index in [1.54, 1.807) is 7.05 Å². The maximum atomic E-state index is 13.7. The number of rotatable bonds is 2. The minimum atomic E-state index is -0.709. The first-order chi connectivity index (χ1) is 9.00. The van der Waals surface area contributed by atoms with Crippen LogP contribution < -0.4 is 0 Å². The molecule has 0 aliphatic heterocycles. The van der Waals surface area contributed by atoms with Crippen LogP contribution in [0.5, 0.6) is 5.75 Å². The van der Waals surface area contributed by atoms with Gasteiger partial charge in [-0.3, -0.25) is 4.79 Å². The number of phenols is 1. The topological polar surface area (TPSA) is 40.5 Å². The second-order valence-electron chi connectivity index (χ2n) is 4.95. The van der Waals surface area contributed by atoms with Gasteiger partial charge in [0.2, 0.25) is 0 Å². The Morgan fingerprint density at radius 2 is 2.11 bits per heavy atom. The van der Waals surface area contributed by atoms with Crippen LogP contribution in [0.1, 0.15) is 36.0 Å². The zero-order chi connectivity index (χ0) is 14.0. The molecular weight excluding hydrogens is 269 g/mol. The van der Waals surface area contributed by atoms with Crippen molar-refractivity contribution in [2.75, 3.05) is 7.05 Å². The van der Waals surface area contributed by atoms with Crippen LogP contribution in [0.4, 0.5) is 4.39 Å². The Balaban J connectivity index is 2.18. The monoisotopic (exact) mass is 285 g/mol. The Hall–Kier alpha value is -1.29. The number of carbonyl (C=O) groups is 1. The molecule has 1 saturated carbocycles. The van der Waals surface area contributed by atoms with Crippen LogP contribution >= 0.6 is 11.6 Å². The summed E-state index contributed by atoms with van der Waals surface area (Å²) in [5.74, 6) is -1.29. The standard InChI is InChI=1S/C14H17ClFNO2/c1-17(13-5-3-2-4-11(13)15)14(19)10-7-6-9(18)8-12(10)16/h6-8,11,13,18H,2-5H2,1H3. The molecule has 0 saturated heterocycles. The highest BCUT2D eigenvalue weighted by atomic mass is 35.5. The molecule has 104 valence electrons. The number of phenolic OH excluding ortho intramolecular Hbond substituents is 1. The highest BCUT2D eigenvalue weighted by Crippen LogP contribution is 2.28. The number of nitrogens with zero attached hydrogens (tertiary/aromatic N) is 1. The molecule has 1 aromatic carbocycles. The van der Waals surface area contributed by atoms with Gasteiger partial charge in [0, 0.05) is 19.2 Å². The molecule has 1 aliphatic rings. The normalized spacial score (nSPS) is 23.1. The van der Waals surface area contributed by atoms with Crippen molar-refractivity contribution in [3.05, 3.63) is 29.6 Å². The van der Waals surface area contributed by atoms with Gasteiger partial charge in [-0.1, -0.05) is 12.8 Å². The largest absolute Gasteiger partial charge is 0.508 e. The van der Waals surface area contributed by atoms with Gasteiger partial charge in [0.05, 0.1) is 10.9 Å². The molecule has 3 nitrogen and oxygen atoms in total. The van der Waals surface area contributed by atoms with Crippen molar-refractivity contribution in [3.63, 3.8) is 0 Å². The molecule has 0 spiro atoms. The second kappa shape index (κ2) is 5.78. The molecule has 2 atom stereocenters. The van der Waals surface area contributed by atoms with Gasteiger partial charge in [0.15, 0.2) is 0 Å². The summed E-state index contributed by atoms with van der Waals surface area (Å²) in [7, 11) is 1.65. The summed E-state index contributed by atoms with van der Waals surface area (Å²) in [4.78, 5) is 13.8. The highest BCUT2D eigenvalue weighted by molar-refractivity contribution is 6.21. The fraction of sp³-hybridized carbons (Fsp3) is 0.500. The van der Waals surface area contributed by atoms with Gasteiger partial charge in [-0.05, 0) is 25.0 Å². The highest BCUT2D eigenvalue weighted by Gasteiger charge is 2.30. The molecule has 1 amide bonds. The number of halogens is 2. The molecule has 1 N–H and O–H groups in total. The second-order valence-corrected chi connectivity index (χ2v) is 5.51. The van der Waals surface area contributed by atoms with E-state index in [4.69, 9.17) is 16.7 Å². The van der Waals surface area contributed by atoms with E-state index in [1.165, 1.54) is 17.0 Å². The summed E-state index contributed by atoms with van der Waals surface area (Å²) in [6.07, 6.45) is 3.82. The van der Waals surface area contributed by atoms with Crippen LogP contribution in [0.15, 0.2) is 18.2 Å². The molecule has 0 radical (unpaired) electrons. The maximum absolute atomic E-state index is 13.7. The van der Waals surface area contributed by atoms with Crippen molar-refractivity contribution in [3.8, 4) is 5.75 Å². The van der Waals surface area contributed by atoms with Crippen LogP contribution in [0.25, 0.3) is 0 Å². The van der Waals surface area contributed by atoms with Crippen molar-refractivity contribution < 1.29 is 14.3 Å². The Kier molecular flexibility index (Phi) is 4.30. The molecule has 0 heterocycles.